The smallest absolute Gasteiger partial charge is 0.283 e. The number of imide groups is 1. The van der Waals surface area contributed by atoms with Crippen molar-refractivity contribution in [1.82, 2.24) is 0 Å². The Bertz CT molecular complexity index is 940. The average molecular weight is 410 g/mol. The summed E-state index contributed by atoms with van der Waals surface area (Å²) in [5, 5.41) is 0.472. The number of carbonyl (C=O) groups is 2. The Hall–Kier alpha value is -2.01. The van der Waals surface area contributed by atoms with Crippen molar-refractivity contribution in [3.8, 4) is 0 Å². The fraction of sp³-hybridized carbons (Fsp3) is 0.158. The first kappa shape index (κ1) is 18.8. The van der Waals surface area contributed by atoms with Gasteiger partial charge in [-0.1, -0.05) is 46.9 Å². The van der Waals surface area contributed by atoms with E-state index in [0.29, 0.717) is 11.6 Å². The molecule has 0 radical (unpaired) electrons. The second-order valence-electron chi connectivity index (χ2n) is 5.79. The topological polar surface area (TPSA) is 40.6 Å². The zero-order valence-corrected chi connectivity index (χ0v) is 16.4. The molecular formula is C19H15Cl3N2O2. The van der Waals surface area contributed by atoms with Crippen LogP contribution in [0, 0.1) is 6.92 Å². The summed E-state index contributed by atoms with van der Waals surface area (Å²) >= 11 is 18.4. The fourth-order valence-corrected chi connectivity index (χ4v) is 3.63. The Balaban J connectivity index is 2.05. The molecular weight excluding hydrogens is 395 g/mol. The molecule has 0 saturated carbocycles. The van der Waals surface area contributed by atoms with E-state index in [1.54, 1.807) is 11.0 Å². The maximum absolute atomic E-state index is 13.1. The summed E-state index contributed by atoms with van der Waals surface area (Å²) in [4.78, 5) is 28.4. The van der Waals surface area contributed by atoms with Gasteiger partial charge in [-0.25, -0.2) is 4.90 Å². The highest BCUT2D eigenvalue weighted by Crippen LogP contribution is 2.37. The maximum Gasteiger partial charge on any atom is 0.283 e. The minimum atomic E-state index is -0.609. The standard InChI is InChI=1S/C19H15Cl3N2O2/c1-3-23(13-6-4-5-11(2)9-13)17-16(22)18(25)24(19(17)26)15-8-7-12(20)10-14(15)21/h4-10H,3H2,1-2H3. The summed E-state index contributed by atoms with van der Waals surface area (Å²) in [6.45, 7) is 4.31. The molecule has 26 heavy (non-hydrogen) atoms. The van der Waals surface area contributed by atoms with Crippen molar-refractivity contribution in [3.63, 3.8) is 0 Å². The van der Waals surface area contributed by atoms with E-state index in [4.69, 9.17) is 34.8 Å². The van der Waals surface area contributed by atoms with Crippen LogP contribution in [0.1, 0.15) is 12.5 Å². The van der Waals surface area contributed by atoms with Crippen molar-refractivity contribution < 1.29 is 9.59 Å². The van der Waals surface area contributed by atoms with Crippen LogP contribution in [0.5, 0.6) is 0 Å². The largest absolute Gasteiger partial charge is 0.336 e. The molecule has 0 fully saturated rings. The van der Waals surface area contributed by atoms with E-state index < -0.39 is 11.8 Å². The number of hydrogen-bond donors (Lipinski definition) is 0. The molecule has 7 heteroatoms. The van der Waals surface area contributed by atoms with Gasteiger partial charge in [-0.2, -0.15) is 0 Å². The molecule has 134 valence electrons. The summed E-state index contributed by atoms with van der Waals surface area (Å²) < 4.78 is 0. The lowest BCUT2D eigenvalue weighted by Crippen LogP contribution is -2.35. The van der Waals surface area contributed by atoms with Gasteiger partial charge in [0.1, 0.15) is 10.7 Å². The molecule has 1 heterocycles. The number of nitrogens with zero attached hydrogens (tertiary/aromatic N) is 2. The molecule has 0 bridgehead atoms. The van der Waals surface area contributed by atoms with Gasteiger partial charge in [0.25, 0.3) is 11.8 Å². The highest BCUT2D eigenvalue weighted by Gasteiger charge is 2.42. The van der Waals surface area contributed by atoms with E-state index >= 15 is 0 Å². The second kappa shape index (κ2) is 7.31. The molecule has 2 aromatic carbocycles. The van der Waals surface area contributed by atoms with Gasteiger partial charge in [-0.15, -0.1) is 0 Å². The Kier molecular flexibility index (Phi) is 5.28. The number of amides is 2. The van der Waals surface area contributed by atoms with Crippen molar-refractivity contribution in [2.24, 2.45) is 0 Å². The molecule has 0 atom stereocenters. The third-order valence-corrected chi connectivity index (χ3v) is 4.93. The molecule has 1 aliphatic rings. The number of hydrogen-bond acceptors (Lipinski definition) is 3. The number of anilines is 2. The van der Waals surface area contributed by atoms with Gasteiger partial charge < -0.3 is 4.90 Å². The summed E-state index contributed by atoms with van der Waals surface area (Å²) in [5.41, 5.74) is 2.20. The molecule has 0 aliphatic carbocycles. The minimum absolute atomic E-state index is 0.135. The Morgan fingerprint density at radius 1 is 1.00 bits per heavy atom. The summed E-state index contributed by atoms with van der Waals surface area (Å²) in [5.74, 6) is -1.13. The highest BCUT2D eigenvalue weighted by molar-refractivity contribution is 6.54. The van der Waals surface area contributed by atoms with Crippen LogP contribution < -0.4 is 9.80 Å². The first-order valence-electron chi connectivity index (χ1n) is 7.93. The average Bonchev–Trinajstić information content (AvgIpc) is 2.80. The van der Waals surface area contributed by atoms with Gasteiger partial charge in [0.05, 0.1) is 10.7 Å². The zero-order valence-electron chi connectivity index (χ0n) is 14.1. The third kappa shape index (κ3) is 3.20. The first-order chi connectivity index (χ1) is 12.3. The van der Waals surface area contributed by atoms with Crippen LogP contribution in [0.3, 0.4) is 0 Å². The van der Waals surface area contributed by atoms with Crippen LogP contribution in [0.15, 0.2) is 53.2 Å². The zero-order chi connectivity index (χ0) is 19.0. The van der Waals surface area contributed by atoms with Crippen molar-refractivity contribution in [2.75, 3.05) is 16.3 Å². The van der Waals surface area contributed by atoms with E-state index in [1.807, 2.05) is 38.1 Å². The number of likely N-dealkylation sites (N-methyl/N-ethyl adjacent to an activating group) is 1. The van der Waals surface area contributed by atoms with Crippen molar-refractivity contribution in [3.05, 3.63) is 68.8 Å². The predicted molar refractivity (Wildman–Crippen MR) is 106 cm³/mol. The molecule has 3 rings (SSSR count). The number of carbonyl (C=O) groups excluding carboxylic acids is 2. The minimum Gasteiger partial charge on any atom is -0.336 e. The van der Waals surface area contributed by atoms with Crippen LogP contribution >= 0.6 is 34.8 Å². The van der Waals surface area contributed by atoms with Gasteiger partial charge in [0.2, 0.25) is 0 Å². The molecule has 0 aromatic heterocycles. The molecule has 2 aromatic rings. The molecule has 0 saturated heterocycles. The highest BCUT2D eigenvalue weighted by atomic mass is 35.5. The number of halogens is 3. The van der Waals surface area contributed by atoms with Crippen LogP contribution in [-0.2, 0) is 9.59 Å². The molecule has 4 nitrogen and oxygen atoms in total. The van der Waals surface area contributed by atoms with E-state index in [-0.39, 0.29) is 21.4 Å². The van der Waals surface area contributed by atoms with Crippen LogP contribution in [0.2, 0.25) is 10.0 Å². The van der Waals surface area contributed by atoms with E-state index in [1.165, 1.54) is 12.1 Å². The van der Waals surface area contributed by atoms with E-state index in [9.17, 15) is 9.59 Å². The van der Waals surface area contributed by atoms with Gasteiger partial charge >= 0.3 is 0 Å². The van der Waals surface area contributed by atoms with Crippen LogP contribution in [0.25, 0.3) is 0 Å². The number of aryl methyl sites for hydroxylation is 1. The lowest BCUT2D eigenvalue weighted by molar-refractivity contribution is -0.120. The number of benzene rings is 2. The monoisotopic (exact) mass is 408 g/mol. The Morgan fingerprint density at radius 3 is 2.35 bits per heavy atom. The van der Waals surface area contributed by atoms with E-state index in [0.717, 1.165) is 16.2 Å². The quantitative estimate of drug-likeness (QED) is 0.656. The lowest BCUT2D eigenvalue weighted by atomic mass is 10.2. The summed E-state index contributed by atoms with van der Waals surface area (Å²) in [6.07, 6.45) is 0. The predicted octanol–water partition coefficient (Wildman–Crippen LogP) is 5.15. The summed E-state index contributed by atoms with van der Waals surface area (Å²) in [6, 6.07) is 12.2. The van der Waals surface area contributed by atoms with E-state index in [2.05, 4.69) is 0 Å². The van der Waals surface area contributed by atoms with Crippen molar-refractivity contribution in [2.45, 2.75) is 13.8 Å². The number of rotatable bonds is 4. The molecule has 1 aliphatic heterocycles. The Labute approximate surface area is 166 Å². The molecule has 0 spiro atoms. The molecule has 0 unspecified atom stereocenters. The fourth-order valence-electron chi connectivity index (χ4n) is 2.87. The molecule has 2 amide bonds. The second-order valence-corrected chi connectivity index (χ2v) is 7.01. The Morgan fingerprint density at radius 2 is 1.73 bits per heavy atom. The lowest BCUT2D eigenvalue weighted by Gasteiger charge is -2.25. The SMILES string of the molecule is CCN(C1=C(Cl)C(=O)N(c2ccc(Cl)cc2Cl)C1=O)c1cccc(C)c1. The van der Waals surface area contributed by atoms with Gasteiger partial charge in [-0.3, -0.25) is 9.59 Å². The van der Waals surface area contributed by atoms with Crippen LogP contribution in [-0.4, -0.2) is 18.4 Å². The van der Waals surface area contributed by atoms with Crippen LogP contribution in [0.4, 0.5) is 11.4 Å². The normalized spacial score (nSPS) is 14.4. The van der Waals surface area contributed by atoms with Gasteiger partial charge in [-0.05, 0) is 49.7 Å². The van der Waals surface area contributed by atoms with Crippen molar-refractivity contribution >= 4 is 58.0 Å². The van der Waals surface area contributed by atoms with Crippen molar-refractivity contribution in [1.29, 1.82) is 0 Å². The molecule has 0 N–H and O–H groups in total. The van der Waals surface area contributed by atoms with Gasteiger partial charge in [0.15, 0.2) is 0 Å². The van der Waals surface area contributed by atoms with Gasteiger partial charge in [0, 0.05) is 17.3 Å². The third-order valence-electron chi connectivity index (χ3n) is 4.05. The summed E-state index contributed by atoms with van der Waals surface area (Å²) in [7, 11) is 0. The maximum atomic E-state index is 13.1. The first-order valence-corrected chi connectivity index (χ1v) is 9.06.